The van der Waals surface area contributed by atoms with Gasteiger partial charge in [0.25, 0.3) is 0 Å². The zero-order valence-corrected chi connectivity index (χ0v) is 12.6. The molecule has 0 heterocycles. The Balaban J connectivity index is 4.11. The van der Waals surface area contributed by atoms with Crippen molar-refractivity contribution in [2.24, 2.45) is 16.7 Å². The molecule has 0 amide bonds. The van der Waals surface area contributed by atoms with E-state index in [-0.39, 0.29) is 0 Å². The van der Waals surface area contributed by atoms with E-state index in [0.29, 0.717) is 10.8 Å². The van der Waals surface area contributed by atoms with Crippen LogP contribution < -0.4 is 5.32 Å². The number of hydrogen-bond donors (Lipinski definition) is 1. The lowest BCUT2D eigenvalue weighted by Crippen LogP contribution is -2.29. The maximum atomic E-state index is 3.30. The average molecular weight is 227 g/mol. The summed E-state index contributed by atoms with van der Waals surface area (Å²) in [6.07, 6.45) is 5.33. The quantitative estimate of drug-likeness (QED) is 0.645. The Hall–Kier alpha value is -0.0400. The molecule has 0 aliphatic carbocycles. The highest BCUT2D eigenvalue weighted by molar-refractivity contribution is 4.78. The van der Waals surface area contributed by atoms with Gasteiger partial charge in [0.15, 0.2) is 0 Å². The molecule has 0 bridgehead atoms. The third-order valence-electron chi connectivity index (χ3n) is 3.38. The minimum absolute atomic E-state index is 0.427. The van der Waals surface area contributed by atoms with Gasteiger partial charge in [0, 0.05) is 0 Å². The monoisotopic (exact) mass is 227 g/mol. The van der Waals surface area contributed by atoms with Gasteiger partial charge < -0.3 is 5.32 Å². The van der Waals surface area contributed by atoms with E-state index in [4.69, 9.17) is 0 Å². The second-order valence-corrected chi connectivity index (χ2v) is 7.12. The highest BCUT2D eigenvalue weighted by Gasteiger charge is 2.25. The molecule has 1 heteroatoms. The number of nitrogens with one attached hydrogen (secondary N) is 1. The van der Waals surface area contributed by atoms with E-state index in [0.717, 1.165) is 12.5 Å². The lowest BCUT2D eigenvalue weighted by molar-refractivity contribution is 0.195. The van der Waals surface area contributed by atoms with Gasteiger partial charge in [-0.05, 0) is 49.6 Å². The van der Waals surface area contributed by atoms with Gasteiger partial charge in [0.1, 0.15) is 0 Å². The fourth-order valence-corrected chi connectivity index (χ4v) is 3.29. The van der Waals surface area contributed by atoms with Crippen molar-refractivity contribution in [3.05, 3.63) is 0 Å². The van der Waals surface area contributed by atoms with Gasteiger partial charge in [-0.2, -0.15) is 0 Å². The van der Waals surface area contributed by atoms with Crippen molar-refractivity contribution < 1.29 is 0 Å². The van der Waals surface area contributed by atoms with Crippen molar-refractivity contribution in [2.45, 2.75) is 67.2 Å². The molecule has 0 saturated heterocycles. The normalized spacial score (nSPS) is 15.2. The topological polar surface area (TPSA) is 12.0 Å². The Bertz CT molecular complexity index is 162. The van der Waals surface area contributed by atoms with E-state index < -0.39 is 0 Å². The summed E-state index contributed by atoms with van der Waals surface area (Å²) < 4.78 is 0. The van der Waals surface area contributed by atoms with Gasteiger partial charge >= 0.3 is 0 Å². The van der Waals surface area contributed by atoms with Crippen LogP contribution in [-0.4, -0.2) is 13.6 Å². The zero-order chi connectivity index (χ0) is 12.8. The Morgan fingerprint density at radius 1 is 1.00 bits per heavy atom. The molecule has 0 rings (SSSR count). The SMILES string of the molecule is CCCC(C)(C)CC(C)CC(C)(C)CNC. The summed E-state index contributed by atoms with van der Waals surface area (Å²) in [5.41, 5.74) is 0.945. The maximum Gasteiger partial charge on any atom is -0.0000387 e. The second-order valence-electron chi connectivity index (χ2n) is 7.12. The van der Waals surface area contributed by atoms with Crippen LogP contribution in [0.5, 0.6) is 0 Å². The molecule has 0 spiro atoms. The number of hydrogen-bond acceptors (Lipinski definition) is 1. The van der Waals surface area contributed by atoms with E-state index in [1.807, 2.05) is 7.05 Å². The fourth-order valence-electron chi connectivity index (χ4n) is 3.29. The summed E-state index contributed by atoms with van der Waals surface area (Å²) in [5, 5.41) is 3.30. The van der Waals surface area contributed by atoms with E-state index in [1.54, 1.807) is 0 Å². The van der Waals surface area contributed by atoms with Crippen molar-refractivity contribution in [1.82, 2.24) is 5.32 Å². The summed E-state index contributed by atoms with van der Waals surface area (Å²) in [4.78, 5) is 0. The first-order chi connectivity index (χ1) is 7.22. The first-order valence-corrected chi connectivity index (χ1v) is 6.87. The van der Waals surface area contributed by atoms with Crippen LogP contribution in [0.2, 0.25) is 0 Å². The lowest BCUT2D eigenvalue weighted by Gasteiger charge is -2.33. The Morgan fingerprint density at radius 3 is 1.94 bits per heavy atom. The smallest absolute Gasteiger partial charge is 0.0000387 e. The second kappa shape index (κ2) is 6.64. The van der Waals surface area contributed by atoms with E-state index in [9.17, 15) is 0 Å². The predicted octanol–water partition coefficient (Wildman–Crippen LogP) is 4.47. The molecule has 0 saturated carbocycles. The van der Waals surface area contributed by atoms with E-state index in [1.165, 1.54) is 25.7 Å². The van der Waals surface area contributed by atoms with Gasteiger partial charge in [-0.15, -0.1) is 0 Å². The molecule has 0 aromatic carbocycles. The molecule has 1 atom stereocenters. The van der Waals surface area contributed by atoms with Crippen LogP contribution in [0.4, 0.5) is 0 Å². The van der Waals surface area contributed by atoms with E-state index >= 15 is 0 Å². The first kappa shape index (κ1) is 16.0. The third kappa shape index (κ3) is 7.27. The zero-order valence-electron chi connectivity index (χ0n) is 12.6. The molecule has 16 heavy (non-hydrogen) atoms. The van der Waals surface area contributed by atoms with Crippen LogP contribution in [0.1, 0.15) is 67.2 Å². The Morgan fingerprint density at radius 2 is 1.50 bits per heavy atom. The molecule has 1 unspecified atom stereocenters. The molecule has 0 fully saturated rings. The first-order valence-electron chi connectivity index (χ1n) is 6.87. The maximum absolute atomic E-state index is 3.30. The van der Waals surface area contributed by atoms with Crippen LogP contribution in [-0.2, 0) is 0 Å². The summed E-state index contributed by atoms with van der Waals surface area (Å²) >= 11 is 0. The van der Waals surface area contributed by atoms with Crippen molar-refractivity contribution in [1.29, 1.82) is 0 Å². The summed E-state index contributed by atoms with van der Waals surface area (Å²) in [6, 6.07) is 0. The fraction of sp³-hybridized carbons (Fsp3) is 1.00. The molecule has 1 nitrogen and oxygen atoms in total. The van der Waals surface area contributed by atoms with Crippen molar-refractivity contribution in [2.75, 3.05) is 13.6 Å². The van der Waals surface area contributed by atoms with Crippen LogP contribution in [0.15, 0.2) is 0 Å². The van der Waals surface area contributed by atoms with Gasteiger partial charge in [-0.3, -0.25) is 0 Å². The van der Waals surface area contributed by atoms with Crippen molar-refractivity contribution in [3.8, 4) is 0 Å². The van der Waals surface area contributed by atoms with Crippen molar-refractivity contribution in [3.63, 3.8) is 0 Å². The van der Waals surface area contributed by atoms with Gasteiger partial charge in [0.05, 0.1) is 0 Å². The summed E-state index contributed by atoms with van der Waals surface area (Å²) in [5.74, 6) is 0.824. The van der Waals surface area contributed by atoms with E-state index in [2.05, 4.69) is 46.9 Å². The minimum atomic E-state index is 0.427. The molecular formula is C15H33N. The van der Waals surface area contributed by atoms with Gasteiger partial charge in [-0.25, -0.2) is 0 Å². The highest BCUT2D eigenvalue weighted by atomic mass is 14.8. The molecule has 0 aromatic heterocycles. The lowest BCUT2D eigenvalue weighted by atomic mass is 9.74. The van der Waals surface area contributed by atoms with Crippen LogP contribution in [0, 0.1) is 16.7 Å². The molecule has 0 aromatic rings. The largest absolute Gasteiger partial charge is 0.319 e. The standard InChI is InChI=1S/C15H33N/c1-8-9-14(3,4)10-13(2)11-15(5,6)12-16-7/h13,16H,8-12H2,1-7H3. The summed E-state index contributed by atoms with van der Waals surface area (Å²) in [6.45, 7) is 15.4. The molecule has 1 N–H and O–H groups in total. The Kier molecular flexibility index (Phi) is 6.62. The molecular weight excluding hydrogens is 194 g/mol. The highest BCUT2D eigenvalue weighted by Crippen LogP contribution is 2.35. The molecule has 0 radical (unpaired) electrons. The average Bonchev–Trinajstić information content (AvgIpc) is 1.99. The predicted molar refractivity (Wildman–Crippen MR) is 74.8 cm³/mol. The Labute approximate surface area is 103 Å². The molecule has 0 aliphatic rings. The van der Waals surface area contributed by atoms with Gasteiger partial charge in [0.2, 0.25) is 0 Å². The van der Waals surface area contributed by atoms with Gasteiger partial charge in [-0.1, -0.05) is 48.0 Å². The van der Waals surface area contributed by atoms with Crippen molar-refractivity contribution >= 4 is 0 Å². The summed E-state index contributed by atoms with van der Waals surface area (Å²) in [7, 11) is 2.05. The molecule has 98 valence electrons. The minimum Gasteiger partial charge on any atom is -0.319 e. The van der Waals surface area contributed by atoms with Crippen LogP contribution in [0.25, 0.3) is 0 Å². The molecule has 0 aliphatic heterocycles. The third-order valence-corrected chi connectivity index (χ3v) is 3.38. The van der Waals surface area contributed by atoms with Crippen LogP contribution in [0.3, 0.4) is 0 Å². The number of rotatable bonds is 8. The van der Waals surface area contributed by atoms with Crippen LogP contribution >= 0.6 is 0 Å².